The van der Waals surface area contributed by atoms with E-state index < -0.39 is 5.60 Å². The van der Waals surface area contributed by atoms with Gasteiger partial charge in [-0.05, 0) is 37.9 Å². The Bertz CT molecular complexity index is 674. The minimum Gasteiger partial charge on any atom is -0.379 e. The van der Waals surface area contributed by atoms with Gasteiger partial charge >= 0.3 is 0 Å². The van der Waals surface area contributed by atoms with Gasteiger partial charge in [0.25, 0.3) is 5.91 Å². The number of carbonyl (C=O) groups excluding carboxylic acids is 1. The molecule has 0 radical (unpaired) electrons. The number of imidazole rings is 1. The van der Waals surface area contributed by atoms with E-state index >= 15 is 0 Å². The van der Waals surface area contributed by atoms with Crippen LogP contribution >= 0.6 is 0 Å². The fraction of sp³-hybridized carbons (Fsp3) is 0.500. The highest BCUT2D eigenvalue weighted by Crippen LogP contribution is 2.23. The van der Waals surface area contributed by atoms with Crippen molar-refractivity contribution in [2.45, 2.75) is 38.3 Å². The smallest absolute Gasteiger partial charge is 0.259 e. The van der Waals surface area contributed by atoms with Gasteiger partial charge in [0.1, 0.15) is 0 Å². The first-order chi connectivity index (χ1) is 10.6. The molecule has 1 aliphatic rings. The Morgan fingerprint density at radius 2 is 2.32 bits per heavy atom. The quantitative estimate of drug-likeness (QED) is 0.799. The van der Waals surface area contributed by atoms with Gasteiger partial charge in [-0.15, -0.1) is 0 Å². The maximum Gasteiger partial charge on any atom is 0.259 e. The molecule has 2 aromatic rings. The first-order valence-electron chi connectivity index (χ1n) is 7.84. The summed E-state index contributed by atoms with van der Waals surface area (Å²) in [5.41, 5.74) is 0.487. The minimum absolute atomic E-state index is 0.285. The topological polar surface area (TPSA) is 79.2 Å². The third-order valence-corrected chi connectivity index (χ3v) is 4.11. The second-order valence-corrected chi connectivity index (χ2v) is 5.84. The van der Waals surface area contributed by atoms with E-state index in [9.17, 15) is 9.90 Å². The number of nitrogens with one attached hydrogen (secondary N) is 2. The van der Waals surface area contributed by atoms with Crippen LogP contribution in [0.15, 0.2) is 24.3 Å². The minimum atomic E-state index is -1.35. The number of para-hydroxylation sites is 2. The molecule has 22 heavy (non-hydrogen) atoms. The molecular formula is C16H22N4O2. The highest BCUT2D eigenvalue weighted by Gasteiger charge is 2.37. The van der Waals surface area contributed by atoms with Crippen LogP contribution in [0.3, 0.4) is 0 Å². The third-order valence-electron chi connectivity index (χ3n) is 4.11. The zero-order chi connectivity index (χ0) is 15.6. The van der Waals surface area contributed by atoms with E-state index in [0.29, 0.717) is 12.4 Å². The van der Waals surface area contributed by atoms with Crippen LogP contribution in [-0.4, -0.2) is 39.3 Å². The molecule has 1 saturated heterocycles. The van der Waals surface area contributed by atoms with Gasteiger partial charge in [0.2, 0.25) is 5.95 Å². The number of benzene rings is 1. The van der Waals surface area contributed by atoms with Crippen LogP contribution in [0.5, 0.6) is 0 Å². The maximum atomic E-state index is 12.5. The molecule has 0 spiro atoms. The number of aromatic nitrogens is 2. The summed E-state index contributed by atoms with van der Waals surface area (Å²) in [6.07, 6.45) is 2.20. The third kappa shape index (κ3) is 2.71. The van der Waals surface area contributed by atoms with Crippen LogP contribution in [0.25, 0.3) is 11.0 Å². The number of carbonyl (C=O) groups is 1. The van der Waals surface area contributed by atoms with Crippen LogP contribution in [0.1, 0.15) is 26.2 Å². The number of amides is 1. The molecule has 2 heterocycles. The van der Waals surface area contributed by atoms with Gasteiger partial charge in [0, 0.05) is 13.1 Å². The molecule has 6 heteroatoms. The molecule has 118 valence electrons. The lowest BCUT2D eigenvalue weighted by atomic mass is 9.93. The summed E-state index contributed by atoms with van der Waals surface area (Å²) in [6.45, 7) is 3.97. The van der Waals surface area contributed by atoms with Gasteiger partial charge in [-0.2, -0.15) is 0 Å². The number of hydrogen-bond acceptors (Lipinski definition) is 4. The number of aliphatic hydroxyl groups is 1. The molecular weight excluding hydrogens is 280 g/mol. The van der Waals surface area contributed by atoms with Gasteiger partial charge in [-0.25, -0.2) is 4.98 Å². The predicted molar refractivity (Wildman–Crippen MR) is 85.7 cm³/mol. The summed E-state index contributed by atoms with van der Waals surface area (Å²) in [5, 5.41) is 16.4. The van der Waals surface area contributed by atoms with Gasteiger partial charge in [-0.1, -0.05) is 19.1 Å². The molecule has 6 nitrogen and oxygen atoms in total. The maximum absolute atomic E-state index is 12.5. The lowest BCUT2D eigenvalue weighted by molar-refractivity contribution is -0.135. The second kappa shape index (κ2) is 6.06. The molecule has 0 aliphatic carbocycles. The van der Waals surface area contributed by atoms with Crippen LogP contribution in [0, 0.1) is 0 Å². The van der Waals surface area contributed by atoms with Crippen LogP contribution in [-0.2, 0) is 11.3 Å². The van der Waals surface area contributed by atoms with E-state index in [2.05, 4.69) is 22.5 Å². The lowest BCUT2D eigenvalue weighted by Gasteiger charge is -2.30. The molecule has 1 aromatic carbocycles. The number of fused-ring (bicyclic) bond motifs is 1. The van der Waals surface area contributed by atoms with Gasteiger partial charge < -0.3 is 15.0 Å². The summed E-state index contributed by atoms with van der Waals surface area (Å²) in [7, 11) is 0. The van der Waals surface area contributed by atoms with E-state index in [-0.39, 0.29) is 12.5 Å². The zero-order valence-corrected chi connectivity index (χ0v) is 12.8. The van der Waals surface area contributed by atoms with Crippen molar-refractivity contribution in [2.24, 2.45) is 0 Å². The molecule has 1 aromatic heterocycles. The predicted octanol–water partition coefficient (Wildman–Crippen LogP) is 1.50. The summed E-state index contributed by atoms with van der Waals surface area (Å²) >= 11 is 0. The van der Waals surface area contributed by atoms with E-state index in [0.717, 1.165) is 37.0 Å². The Morgan fingerprint density at radius 1 is 1.50 bits per heavy atom. The summed E-state index contributed by atoms with van der Waals surface area (Å²) in [4.78, 5) is 17.0. The van der Waals surface area contributed by atoms with Crippen LogP contribution in [0.2, 0.25) is 0 Å². The molecule has 1 atom stereocenters. The van der Waals surface area contributed by atoms with Crippen LogP contribution < -0.4 is 10.6 Å². The fourth-order valence-electron chi connectivity index (χ4n) is 2.92. The number of rotatable bonds is 4. The van der Waals surface area contributed by atoms with Crippen molar-refractivity contribution in [1.29, 1.82) is 0 Å². The first-order valence-corrected chi connectivity index (χ1v) is 7.84. The van der Waals surface area contributed by atoms with Crippen LogP contribution in [0.4, 0.5) is 5.95 Å². The number of aryl methyl sites for hydroxylation is 1. The lowest BCUT2D eigenvalue weighted by Crippen LogP contribution is -2.54. The van der Waals surface area contributed by atoms with Crippen molar-refractivity contribution in [3.05, 3.63) is 24.3 Å². The van der Waals surface area contributed by atoms with E-state index in [1.54, 1.807) is 0 Å². The normalized spacial score (nSPS) is 21.9. The Labute approximate surface area is 129 Å². The SMILES string of the molecule is CCCn1c(NC(=O)C2(O)CCCNC2)nc2ccccc21. The molecule has 0 bridgehead atoms. The highest BCUT2D eigenvalue weighted by atomic mass is 16.3. The Morgan fingerprint density at radius 3 is 3.05 bits per heavy atom. The first kappa shape index (κ1) is 15.0. The van der Waals surface area contributed by atoms with E-state index in [1.807, 2.05) is 28.8 Å². The molecule has 3 N–H and O–H groups in total. The Hall–Kier alpha value is -1.92. The van der Waals surface area contributed by atoms with Crippen molar-refractivity contribution in [3.63, 3.8) is 0 Å². The fourth-order valence-corrected chi connectivity index (χ4v) is 2.92. The van der Waals surface area contributed by atoms with Gasteiger partial charge in [-0.3, -0.25) is 10.1 Å². The van der Waals surface area contributed by atoms with Crippen molar-refractivity contribution < 1.29 is 9.90 Å². The Kier molecular flexibility index (Phi) is 4.13. The average molecular weight is 302 g/mol. The number of anilines is 1. The van der Waals surface area contributed by atoms with Crippen molar-refractivity contribution in [1.82, 2.24) is 14.9 Å². The largest absolute Gasteiger partial charge is 0.379 e. The monoisotopic (exact) mass is 302 g/mol. The standard InChI is InChI=1S/C16H22N4O2/c1-2-10-20-13-7-4-3-6-12(13)18-15(20)19-14(21)16(22)8-5-9-17-11-16/h3-4,6-7,17,22H,2,5,8-11H2,1H3,(H,18,19,21). The van der Waals surface area contributed by atoms with Crippen molar-refractivity contribution in [2.75, 3.05) is 18.4 Å². The molecule has 1 fully saturated rings. The van der Waals surface area contributed by atoms with Crippen molar-refractivity contribution >= 4 is 22.9 Å². The number of hydrogen-bond donors (Lipinski definition) is 3. The molecule has 1 unspecified atom stereocenters. The molecule has 1 amide bonds. The van der Waals surface area contributed by atoms with Gasteiger partial charge in [0.05, 0.1) is 11.0 Å². The van der Waals surface area contributed by atoms with Crippen molar-refractivity contribution in [3.8, 4) is 0 Å². The molecule has 0 saturated carbocycles. The average Bonchev–Trinajstić information content (AvgIpc) is 2.86. The highest BCUT2D eigenvalue weighted by molar-refractivity contribution is 5.97. The summed E-state index contributed by atoms with van der Waals surface area (Å²) in [5.74, 6) is 0.124. The summed E-state index contributed by atoms with van der Waals surface area (Å²) in [6, 6.07) is 7.80. The molecule has 1 aliphatic heterocycles. The number of nitrogens with zero attached hydrogens (tertiary/aromatic N) is 2. The number of β-amino-alcohol motifs (C(OH)–C–C–N with tert-alkyl or cyclic N) is 1. The Balaban J connectivity index is 1.89. The zero-order valence-electron chi connectivity index (χ0n) is 12.8. The van der Waals surface area contributed by atoms with E-state index in [4.69, 9.17) is 0 Å². The van der Waals surface area contributed by atoms with Gasteiger partial charge in [0.15, 0.2) is 5.60 Å². The summed E-state index contributed by atoms with van der Waals surface area (Å²) < 4.78 is 1.99. The second-order valence-electron chi connectivity index (χ2n) is 5.84. The molecule has 3 rings (SSSR count). The van der Waals surface area contributed by atoms with E-state index in [1.165, 1.54) is 0 Å². The number of piperidine rings is 1.